The number of amides is 1. The fourth-order valence-electron chi connectivity index (χ4n) is 3.13. The minimum Gasteiger partial charge on any atom is -0.394 e. The summed E-state index contributed by atoms with van der Waals surface area (Å²) in [5, 5.41) is 38.5. The van der Waals surface area contributed by atoms with Gasteiger partial charge in [-0.15, -0.1) is 5.10 Å². The second-order valence-corrected chi connectivity index (χ2v) is 8.30. The molecule has 33 heavy (non-hydrogen) atoms. The second kappa shape index (κ2) is 10.3. The molecule has 12 heteroatoms. The topological polar surface area (TPSA) is 143 Å². The molecule has 1 amide bonds. The van der Waals surface area contributed by atoms with Crippen LogP contribution in [0.4, 0.5) is 5.69 Å². The Balaban J connectivity index is 1.87. The van der Waals surface area contributed by atoms with Crippen molar-refractivity contribution < 1.29 is 19.9 Å². The van der Waals surface area contributed by atoms with Crippen LogP contribution in [0.3, 0.4) is 0 Å². The molecule has 0 aliphatic rings. The van der Waals surface area contributed by atoms with Crippen molar-refractivity contribution in [1.82, 2.24) is 20.1 Å². The normalized spacial score (nSPS) is 13.1. The van der Waals surface area contributed by atoms with Crippen molar-refractivity contribution in [3.8, 4) is 5.69 Å². The largest absolute Gasteiger partial charge is 0.394 e. The molecule has 0 spiro atoms. The van der Waals surface area contributed by atoms with E-state index in [1.807, 2.05) is 13.8 Å². The average Bonchev–Trinajstić information content (AvgIpc) is 3.22. The van der Waals surface area contributed by atoms with Gasteiger partial charge in [0.15, 0.2) is 0 Å². The minimum atomic E-state index is -1.33. The third-order valence-corrected chi connectivity index (χ3v) is 5.45. The Morgan fingerprint density at radius 3 is 2.30 bits per heavy atom. The molecule has 2 atom stereocenters. The van der Waals surface area contributed by atoms with Crippen molar-refractivity contribution in [2.24, 2.45) is 0 Å². The zero-order valence-electron chi connectivity index (χ0n) is 17.6. The van der Waals surface area contributed by atoms with Gasteiger partial charge in [0, 0.05) is 18.1 Å². The number of aliphatic hydroxyl groups excluding tert-OH is 2. The van der Waals surface area contributed by atoms with Crippen molar-refractivity contribution in [1.29, 1.82) is 0 Å². The lowest BCUT2D eigenvalue weighted by Gasteiger charge is -2.21. The zero-order valence-corrected chi connectivity index (χ0v) is 19.2. The van der Waals surface area contributed by atoms with E-state index < -0.39 is 29.6 Å². The second-order valence-electron chi connectivity index (χ2n) is 7.49. The molecular weight excluding hydrogens is 473 g/mol. The molecule has 0 aliphatic carbocycles. The minimum absolute atomic E-state index is 0.134. The van der Waals surface area contributed by atoms with Crippen LogP contribution in [0.1, 0.15) is 47.9 Å². The Bertz CT molecular complexity index is 1150. The Morgan fingerprint density at radius 1 is 1.18 bits per heavy atom. The molecule has 0 radical (unpaired) electrons. The molecule has 0 aliphatic heterocycles. The molecule has 2 unspecified atom stereocenters. The number of benzene rings is 2. The number of aliphatic hydroxyl groups is 2. The average molecular weight is 494 g/mol. The molecule has 10 nitrogen and oxygen atoms in total. The van der Waals surface area contributed by atoms with Gasteiger partial charge in [-0.05, 0) is 29.8 Å². The van der Waals surface area contributed by atoms with Gasteiger partial charge >= 0.3 is 0 Å². The van der Waals surface area contributed by atoms with Gasteiger partial charge in [0.05, 0.1) is 27.6 Å². The summed E-state index contributed by atoms with van der Waals surface area (Å²) in [6.07, 6.45) is -1.33. The van der Waals surface area contributed by atoms with E-state index in [4.69, 9.17) is 23.2 Å². The van der Waals surface area contributed by atoms with Crippen molar-refractivity contribution in [3.05, 3.63) is 79.8 Å². The SMILES string of the molecule is CC(C)c1nc(C(=O)NC(CO)C(O)c2ccc([N+](=O)[O-])cc2)nn1-c1c(Cl)cccc1Cl. The highest BCUT2D eigenvalue weighted by Gasteiger charge is 2.27. The van der Waals surface area contributed by atoms with Crippen LogP contribution < -0.4 is 5.32 Å². The lowest BCUT2D eigenvalue weighted by atomic mass is 10.0. The summed E-state index contributed by atoms with van der Waals surface area (Å²) >= 11 is 12.6. The summed E-state index contributed by atoms with van der Waals surface area (Å²) in [5.41, 5.74) is 0.509. The summed E-state index contributed by atoms with van der Waals surface area (Å²) in [4.78, 5) is 27.4. The van der Waals surface area contributed by atoms with Gasteiger partial charge in [0.1, 0.15) is 17.6 Å². The van der Waals surface area contributed by atoms with E-state index in [2.05, 4.69) is 15.4 Å². The number of nitrogens with one attached hydrogen (secondary N) is 1. The van der Waals surface area contributed by atoms with Crippen LogP contribution in [0.2, 0.25) is 10.0 Å². The summed E-state index contributed by atoms with van der Waals surface area (Å²) in [7, 11) is 0. The van der Waals surface area contributed by atoms with Gasteiger partial charge < -0.3 is 15.5 Å². The van der Waals surface area contributed by atoms with E-state index in [1.165, 1.54) is 28.9 Å². The number of carbonyl (C=O) groups excluding carboxylic acids is 1. The molecular formula is C21H21Cl2N5O5. The molecule has 174 valence electrons. The Kier molecular flexibility index (Phi) is 7.65. The molecule has 0 bridgehead atoms. The maximum Gasteiger partial charge on any atom is 0.291 e. The zero-order chi connectivity index (χ0) is 24.3. The van der Waals surface area contributed by atoms with E-state index in [0.717, 1.165) is 0 Å². The van der Waals surface area contributed by atoms with Crippen LogP contribution >= 0.6 is 23.2 Å². The first-order chi connectivity index (χ1) is 15.6. The number of hydrogen-bond donors (Lipinski definition) is 3. The Morgan fingerprint density at radius 2 is 1.79 bits per heavy atom. The number of rotatable bonds is 8. The van der Waals surface area contributed by atoms with Gasteiger partial charge in [0.25, 0.3) is 11.6 Å². The number of nitro benzene ring substituents is 1. The summed E-state index contributed by atoms with van der Waals surface area (Å²) in [6.45, 7) is 3.13. The lowest BCUT2D eigenvalue weighted by molar-refractivity contribution is -0.384. The first-order valence-electron chi connectivity index (χ1n) is 9.89. The summed E-state index contributed by atoms with van der Waals surface area (Å²) in [6, 6.07) is 8.98. The van der Waals surface area contributed by atoms with Crippen LogP contribution in [0.25, 0.3) is 5.69 Å². The predicted octanol–water partition coefficient (Wildman–Crippen LogP) is 3.43. The number of halogens is 2. The number of aromatic nitrogens is 3. The third-order valence-electron chi connectivity index (χ3n) is 4.84. The van der Waals surface area contributed by atoms with Crippen LogP contribution in [0.15, 0.2) is 42.5 Å². The summed E-state index contributed by atoms with van der Waals surface area (Å²) < 4.78 is 1.39. The Labute approximate surface area is 198 Å². The molecule has 3 rings (SSSR count). The maximum atomic E-state index is 12.9. The van der Waals surface area contributed by atoms with Crippen molar-refractivity contribution in [2.45, 2.75) is 31.9 Å². The van der Waals surface area contributed by atoms with Crippen LogP contribution in [-0.4, -0.2) is 48.5 Å². The monoisotopic (exact) mass is 493 g/mol. The highest BCUT2D eigenvalue weighted by atomic mass is 35.5. The third kappa shape index (κ3) is 5.31. The number of para-hydroxylation sites is 1. The van der Waals surface area contributed by atoms with E-state index in [1.54, 1.807) is 18.2 Å². The highest BCUT2D eigenvalue weighted by molar-refractivity contribution is 6.37. The van der Waals surface area contributed by atoms with Crippen LogP contribution in [0, 0.1) is 10.1 Å². The quantitative estimate of drug-likeness (QED) is 0.322. The number of non-ortho nitro benzene ring substituents is 1. The van der Waals surface area contributed by atoms with Gasteiger partial charge in [-0.3, -0.25) is 14.9 Å². The molecule has 1 aromatic heterocycles. The van der Waals surface area contributed by atoms with Crippen LogP contribution in [0.5, 0.6) is 0 Å². The molecule has 0 fully saturated rings. The molecule has 3 aromatic rings. The van der Waals surface area contributed by atoms with E-state index >= 15 is 0 Å². The van der Waals surface area contributed by atoms with Crippen LogP contribution in [-0.2, 0) is 0 Å². The molecule has 0 saturated carbocycles. The van der Waals surface area contributed by atoms with Crippen molar-refractivity contribution in [2.75, 3.05) is 6.61 Å². The van der Waals surface area contributed by atoms with Gasteiger partial charge in [-0.2, -0.15) is 0 Å². The predicted molar refractivity (Wildman–Crippen MR) is 122 cm³/mol. The molecule has 0 saturated heterocycles. The fourth-order valence-corrected chi connectivity index (χ4v) is 3.69. The lowest BCUT2D eigenvalue weighted by Crippen LogP contribution is -2.42. The number of nitrogens with zero attached hydrogens (tertiary/aromatic N) is 4. The number of nitro groups is 1. The maximum absolute atomic E-state index is 12.9. The van der Waals surface area contributed by atoms with E-state index in [0.29, 0.717) is 21.6 Å². The van der Waals surface area contributed by atoms with Crippen molar-refractivity contribution in [3.63, 3.8) is 0 Å². The van der Waals surface area contributed by atoms with E-state index in [9.17, 15) is 25.1 Å². The van der Waals surface area contributed by atoms with Gasteiger partial charge in [-0.1, -0.05) is 43.1 Å². The first kappa shape index (κ1) is 24.6. The highest BCUT2D eigenvalue weighted by Crippen LogP contribution is 2.30. The van der Waals surface area contributed by atoms with Gasteiger partial charge in [-0.25, -0.2) is 9.67 Å². The molecule has 2 aromatic carbocycles. The smallest absolute Gasteiger partial charge is 0.291 e. The fraction of sp³-hybridized carbons (Fsp3) is 0.286. The van der Waals surface area contributed by atoms with Crippen molar-refractivity contribution >= 4 is 34.8 Å². The standard InChI is InChI=1S/C21H21Cl2N5O5/c1-11(2)20-25-19(26-27(20)17-14(22)4-3-5-15(17)23)21(31)24-16(10-29)18(30)12-6-8-13(9-7-12)28(32)33/h3-9,11,16,18,29-30H,10H2,1-2H3,(H,24,31). The first-order valence-corrected chi connectivity index (χ1v) is 10.6. The number of hydrogen-bond acceptors (Lipinski definition) is 7. The van der Waals surface area contributed by atoms with E-state index in [-0.39, 0.29) is 23.0 Å². The van der Waals surface area contributed by atoms with Gasteiger partial charge in [0.2, 0.25) is 5.82 Å². The molecule has 1 heterocycles. The Hall–Kier alpha value is -3.05. The number of carbonyl (C=O) groups is 1. The summed E-state index contributed by atoms with van der Waals surface area (Å²) in [5.74, 6) is -0.639. The molecule has 3 N–H and O–H groups in total.